The van der Waals surface area contributed by atoms with Gasteiger partial charge in [-0.1, -0.05) is 6.07 Å². The van der Waals surface area contributed by atoms with Crippen molar-refractivity contribution >= 4 is 32.9 Å². The number of aromatic nitrogens is 3. The van der Waals surface area contributed by atoms with Crippen LogP contribution in [-0.4, -0.2) is 26.0 Å². The lowest BCUT2D eigenvalue weighted by molar-refractivity contribution is 0.181. The number of aromatic amines is 1. The van der Waals surface area contributed by atoms with Crippen LogP contribution < -0.4 is 5.56 Å². The van der Waals surface area contributed by atoms with E-state index in [0.29, 0.717) is 11.4 Å². The van der Waals surface area contributed by atoms with Crippen LogP contribution in [0.1, 0.15) is 43.4 Å². The second-order valence-electron chi connectivity index (χ2n) is 7.37. The SMILES string of the molecule is C[C@@H](c1nc2scc(-c3cccs3)c2c(=O)[nH]1)N1CCC[C@H]1c1cccn1C. The highest BCUT2D eigenvalue weighted by molar-refractivity contribution is 7.18. The van der Waals surface area contributed by atoms with E-state index in [-0.39, 0.29) is 11.6 Å². The minimum Gasteiger partial charge on any atom is -0.353 e. The monoisotopic (exact) mass is 410 g/mol. The number of H-pyrrole nitrogens is 1. The molecule has 5 nitrogen and oxygen atoms in total. The fourth-order valence-corrected chi connectivity index (χ4v) is 6.09. The first-order valence-electron chi connectivity index (χ1n) is 9.55. The van der Waals surface area contributed by atoms with Crippen LogP contribution in [0.4, 0.5) is 0 Å². The van der Waals surface area contributed by atoms with Gasteiger partial charge < -0.3 is 9.55 Å². The van der Waals surface area contributed by atoms with Gasteiger partial charge in [0.2, 0.25) is 0 Å². The zero-order valence-corrected chi connectivity index (χ0v) is 17.5. The average molecular weight is 411 g/mol. The Hall–Kier alpha value is -2.22. The van der Waals surface area contributed by atoms with Crippen molar-refractivity contribution in [1.29, 1.82) is 0 Å². The zero-order chi connectivity index (χ0) is 19.3. The maximum atomic E-state index is 13.0. The normalized spacial score (nSPS) is 18.9. The maximum Gasteiger partial charge on any atom is 0.260 e. The van der Waals surface area contributed by atoms with Crippen molar-refractivity contribution in [2.45, 2.75) is 31.8 Å². The van der Waals surface area contributed by atoms with Gasteiger partial charge >= 0.3 is 0 Å². The van der Waals surface area contributed by atoms with E-state index in [4.69, 9.17) is 4.98 Å². The summed E-state index contributed by atoms with van der Waals surface area (Å²) in [5.41, 5.74) is 2.28. The lowest BCUT2D eigenvalue weighted by Gasteiger charge is -2.30. The molecule has 1 aliphatic rings. The second kappa shape index (κ2) is 6.99. The minimum atomic E-state index is -0.0360. The first-order valence-corrected chi connectivity index (χ1v) is 11.3. The summed E-state index contributed by atoms with van der Waals surface area (Å²) in [7, 11) is 2.10. The van der Waals surface area contributed by atoms with Crippen LogP contribution in [0.3, 0.4) is 0 Å². The summed E-state index contributed by atoms with van der Waals surface area (Å²) in [6.45, 7) is 3.17. The van der Waals surface area contributed by atoms with Crippen molar-refractivity contribution in [2.75, 3.05) is 6.54 Å². The molecule has 7 heteroatoms. The number of fused-ring (bicyclic) bond motifs is 1. The van der Waals surface area contributed by atoms with Gasteiger partial charge in [0.1, 0.15) is 10.7 Å². The van der Waals surface area contributed by atoms with Crippen LogP contribution in [-0.2, 0) is 7.05 Å². The quantitative estimate of drug-likeness (QED) is 0.518. The number of aryl methyl sites for hydroxylation is 1. The molecule has 4 aromatic rings. The van der Waals surface area contributed by atoms with Crippen LogP contribution >= 0.6 is 22.7 Å². The first-order chi connectivity index (χ1) is 13.6. The van der Waals surface area contributed by atoms with Crippen LogP contribution in [0.5, 0.6) is 0 Å². The predicted octanol–water partition coefficient (Wildman–Crippen LogP) is 4.95. The van der Waals surface area contributed by atoms with Gasteiger partial charge in [0.15, 0.2) is 0 Å². The molecule has 0 unspecified atom stereocenters. The third kappa shape index (κ3) is 2.85. The van der Waals surface area contributed by atoms with Gasteiger partial charge in [-0.05, 0) is 49.9 Å². The molecule has 0 bridgehead atoms. The topological polar surface area (TPSA) is 53.9 Å². The molecule has 0 aliphatic carbocycles. The molecule has 0 spiro atoms. The third-order valence-corrected chi connectivity index (χ3v) is 7.54. The Bertz CT molecular complexity index is 1170. The molecule has 2 atom stereocenters. The molecular weight excluding hydrogens is 388 g/mol. The maximum absolute atomic E-state index is 13.0. The number of rotatable bonds is 4. The van der Waals surface area contributed by atoms with Crippen molar-refractivity contribution in [3.63, 3.8) is 0 Å². The Morgan fingerprint density at radius 3 is 2.93 bits per heavy atom. The van der Waals surface area contributed by atoms with E-state index >= 15 is 0 Å². The van der Waals surface area contributed by atoms with Crippen LogP contribution in [0.15, 0.2) is 46.0 Å². The Morgan fingerprint density at radius 2 is 2.18 bits per heavy atom. The average Bonchev–Trinajstić information content (AvgIpc) is 3.46. The van der Waals surface area contributed by atoms with Crippen LogP contribution in [0.2, 0.25) is 0 Å². The Labute approximate surface area is 171 Å². The summed E-state index contributed by atoms with van der Waals surface area (Å²) < 4.78 is 2.20. The summed E-state index contributed by atoms with van der Waals surface area (Å²) in [5.74, 6) is 0.762. The van der Waals surface area contributed by atoms with E-state index in [1.807, 2.05) is 11.4 Å². The minimum absolute atomic E-state index is 0.0360. The molecule has 0 amide bonds. The highest BCUT2D eigenvalue weighted by atomic mass is 32.1. The van der Waals surface area contributed by atoms with Crippen LogP contribution in [0, 0.1) is 0 Å². The van der Waals surface area contributed by atoms with E-state index in [9.17, 15) is 4.79 Å². The molecule has 0 saturated carbocycles. The number of thiophene rings is 2. The van der Waals surface area contributed by atoms with E-state index in [1.54, 1.807) is 22.7 Å². The summed E-state index contributed by atoms with van der Waals surface area (Å²) in [5, 5.41) is 4.80. The largest absolute Gasteiger partial charge is 0.353 e. The molecule has 4 aromatic heterocycles. The van der Waals surface area contributed by atoms with E-state index in [2.05, 4.69) is 58.2 Å². The van der Waals surface area contributed by atoms with Gasteiger partial charge in [0, 0.05) is 34.8 Å². The number of hydrogen-bond donors (Lipinski definition) is 1. The second-order valence-corrected chi connectivity index (χ2v) is 9.18. The van der Waals surface area contributed by atoms with E-state index in [1.165, 1.54) is 5.69 Å². The molecule has 28 heavy (non-hydrogen) atoms. The molecule has 144 valence electrons. The number of hydrogen-bond acceptors (Lipinski definition) is 5. The summed E-state index contributed by atoms with van der Waals surface area (Å²) in [6, 6.07) is 8.78. The number of likely N-dealkylation sites (tertiary alicyclic amines) is 1. The number of nitrogens with one attached hydrogen (secondary N) is 1. The van der Waals surface area contributed by atoms with Gasteiger partial charge in [-0.2, -0.15) is 0 Å². The smallest absolute Gasteiger partial charge is 0.260 e. The van der Waals surface area contributed by atoms with E-state index in [0.717, 1.165) is 40.5 Å². The molecule has 5 rings (SSSR count). The van der Waals surface area contributed by atoms with Crippen molar-refractivity contribution in [2.24, 2.45) is 7.05 Å². The summed E-state index contributed by atoms with van der Waals surface area (Å²) >= 11 is 3.21. The fourth-order valence-electron chi connectivity index (χ4n) is 4.32. The molecule has 0 aromatic carbocycles. The molecular formula is C21H22N4OS2. The highest BCUT2D eigenvalue weighted by Crippen LogP contribution is 2.38. The van der Waals surface area contributed by atoms with E-state index < -0.39 is 0 Å². The molecule has 1 fully saturated rings. The fraction of sp³-hybridized carbons (Fsp3) is 0.333. The first kappa shape index (κ1) is 17.8. The third-order valence-electron chi connectivity index (χ3n) is 5.76. The Balaban J connectivity index is 1.52. The zero-order valence-electron chi connectivity index (χ0n) is 15.9. The standard InChI is InChI=1S/C21H22N4OS2/c1-13(25-10-4-7-16(25)15-6-3-9-24(15)2)19-22-20(26)18-14(12-28-21(18)23-19)17-8-5-11-27-17/h3,5-6,8-9,11-13,16H,4,7,10H2,1-2H3,(H,22,23,26)/t13-,16-/m0/s1. The Morgan fingerprint density at radius 1 is 1.29 bits per heavy atom. The highest BCUT2D eigenvalue weighted by Gasteiger charge is 2.33. The summed E-state index contributed by atoms with van der Waals surface area (Å²) in [4.78, 5) is 25.3. The lowest BCUT2D eigenvalue weighted by Crippen LogP contribution is -2.30. The molecule has 5 heterocycles. The Kier molecular flexibility index (Phi) is 4.45. The van der Waals surface area contributed by atoms with Crippen molar-refractivity contribution in [1.82, 2.24) is 19.4 Å². The molecule has 1 N–H and O–H groups in total. The van der Waals surface area contributed by atoms with Gasteiger partial charge in [-0.3, -0.25) is 9.69 Å². The molecule has 1 aliphatic heterocycles. The van der Waals surface area contributed by atoms with Crippen molar-refractivity contribution in [3.8, 4) is 10.4 Å². The molecule has 0 radical (unpaired) electrons. The van der Waals surface area contributed by atoms with Gasteiger partial charge in [0.25, 0.3) is 5.56 Å². The summed E-state index contributed by atoms with van der Waals surface area (Å²) in [6.07, 6.45) is 4.39. The van der Waals surface area contributed by atoms with Crippen LogP contribution in [0.25, 0.3) is 20.7 Å². The van der Waals surface area contributed by atoms with Crippen molar-refractivity contribution < 1.29 is 0 Å². The lowest BCUT2D eigenvalue weighted by atomic mass is 10.1. The predicted molar refractivity (Wildman–Crippen MR) is 116 cm³/mol. The van der Waals surface area contributed by atoms with Gasteiger partial charge in [-0.15, -0.1) is 22.7 Å². The van der Waals surface area contributed by atoms with Gasteiger partial charge in [0.05, 0.1) is 17.5 Å². The molecule has 1 saturated heterocycles. The number of nitrogens with zero attached hydrogens (tertiary/aromatic N) is 3. The van der Waals surface area contributed by atoms with Crippen molar-refractivity contribution in [3.05, 3.63) is 63.1 Å². The van der Waals surface area contributed by atoms with Gasteiger partial charge in [-0.25, -0.2) is 4.98 Å².